The van der Waals surface area contributed by atoms with Crippen molar-refractivity contribution in [3.8, 4) is 0 Å². The van der Waals surface area contributed by atoms with Crippen molar-refractivity contribution in [1.82, 2.24) is 4.90 Å². The van der Waals surface area contributed by atoms with Crippen LogP contribution in [0.15, 0.2) is 16.4 Å². The molecule has 28 heavy (non-hydrogen) atoms. The SMILES string of the molecule is CCCC(CC)CO/C(N)=C(\C)C=NC1CCC(N2[C@@H]3CC[C@H]2COC3)CC1. The molecule has 3 atom stereocenters. The Hall–Kier alpha value is -1.07. The maximum Gasteiger partial charge on any atom is 0.188 e. The molecular weight excluding hydrogens is 350 g/mol. The lowest BCUT2D eigenvalue weighted by Gasteiger charge is -2.43. The molecule has 0 aromatic carbocycles. The highest BCUT2D eigenvalue weighted by Crippen LogP contribution is 2.36. The Bertz CT molecular complexity index is 524. The van der Waals surface area contributed by atoms with E-state index in [9.17, 15) is 0 Å². The van der Waals surface area contributed by atoms with E-state index in [1.807, 2.05) is 13.1 Å². The Kier molecular flexibility index (Phi) is 8.22. The lowest BCUT2D eigenvalue weighted by atomic mass is 9.89. The lowest BCUT2D eigenvalue weighted by molar-refractivity contribution is -0.0439. The molecular formula is C23H41N3O2. The number of aliphatic imine (C=N–C) groups is 1. The molecule has 2 N–H and O–H groups in total. The van der Waals surface area contributed by atoms with E-state index < -0.39 is 0 Å². The van der Waals surface area contributed by atoms with Gasteiger partial charge in [-0.2, -0.15) is 0 Å². The molecule has 5 nitrogen and oxygen atoms in total. The molecule has 0 amide bonds. The van der Waals surface area contributed by atoms with Gasteiger partial charge in [-0.15, -0.1) is 0 Å². The van der Waals surface area contributed by atoms with Crippen LogP contribution in [-0.2, 0) is 9.47 Å². The van der Waals surface area contributed by atoms with Gasteiger partial charge >= 0.3 is 0 Å². The van der Waals surface area contributed by atoms with E-state index in [4.69, 9.17) is 20.2 Å². The Morgan fingerprint density at radius 2 is 1.75 bits per heavy atom. The highest BCUT2D eigenvalue weighted by atomic mass is 16.5. The Morgan fingerprint density at radius 1 is 1.11 bits per heavy atom. The monoisotopic (exact) mass is 391 g/mol. The van der Waals surface area contributed by atoms with Crippen LogP contribution < -0.4 is 5.73 Å². The third-order valence-electron chi connectivity index (χ3n) is 7.00. The van der Waals surface area contributed by atoms with Crippen LogP contribution in [0.25, 0.3) is 0 Å². The summed E-state index contributed by atoms with van der Waals surface area (Å²) in [5, 5.41) is 0. The van der Waals surface area contributed by atoms with Crippen molar-refractivity contribution in [2.24, 2.45) is 16.6 Å². The number of nitrogens with zero attached hydrogens (tertiary/aromatic N) is 2. The second-order valence-electron chi connectivity index (χ2n) is 9.03. The third kappa shape index (κ3) is 5.50. The highest BCUT2D eigenvalue weighted by Gasteiger charge is 2.42. The number of fused-ring (bicyclic) bond motifs is 2. The Morgan fingerprint density at radius 3 is 2.36 bits per heavy atom. The van der Waals surface area contributed by atoms with Gasteiger partial charge in [0.1, 0.15) is 0 Å². The molecule has 2 heterocycles. The molecule has 2 bridgehead atoms. The van der Waals surface area contributed by atoms with Crippen molar-refractivity contribution in [2.45, 2.75) is 103 Å². The zero-order valence-corrected chi connectivity index (χ0v) is 18.2. The molecule has 0 aromatic heterocycles. The number of allylic oxidation sites excluding steroid dienone is 1. The molecule has 3 rings (SSSR count). The van der Waals surface area contributed by atoms with Crippen LogP contribution in [0.1, 0.15) is 78.6 Å². The average Bonchev–Trinajstić information content (AvgIpc) is 2.97. The van der Waals surface area contributed by atoms with Gasteiger partial charge in [0.2, 0.25) is 0 Å². The Balaban J connectivity index is 1.44. The first-order valence-corrected chi connectivity index (χ1v) is 11.6. The zero-order valence-electron chi connectivity index (χ0n) is 18.2. The summed E-state index contributed by atoms with van der Waals surface area (Å²) in [6, 6.07) is 2.51. The van der Waals surface area contributed by atoms with Crippen LogP contribution in [0, 0.1) is 5.92 Å². The smallest absolute Gasteiger partial charge is 0.188 e. The first-order valence-electron chi connectivity index (χ1n) is 11.6. The summed E-state index contributed by atoms with van der Waals surface area (Å²) in [6.45, 7) is 9.05. The molecule has 1 aliphatic carbocycles. The normalized spacial score (nSPS) is 33.1. The fourth-order valence-electron chi connectivity index (χ4n) is 5.18. The number of morpholine rings is 1. The van der Waals surface area contributed by atoms with Gasteiger partial charge in [-0.05, 0) is 57.8 Å². The summed E-state index contributed by atoms with van der Waals surface area (Å²) < 4.78 is 11.6. The molecule has 1 unspecified atom stereocenters. The third-order valence-corrected chi connectivity index (χ3v) is 7.00. The number of hydrogen-bond acceptors (Lipinski definition) is 5. The predicted octanol–water partition coefficient (Wildman–Crippen LogP) is 4.26. The molecule has 5 heteroatoms. The number of ether oxygens (including phenoxy) is 2. The molecule has 2 aliphatic heterocycles. The largest absolute Gasteiger partial charge is 0.479 e. The number of nitrogens with two attached hydrogens (primary N) is 1. The van der Waals surface area contributed by atoms with Crippen LogP contribution in [0.3, 0.4) is 0 Å². The summed E-state index contributed by atoms with van der Waals surface area (Å²) in [5.74, 6) is 1.14. The van der Waals surface area contributed by atoms with Gasteiger partial charge in [-0.25, -0.2) is 0 Å². The minimum atomic E-state index is 0.432. The first kappa shape index (κ1) is 21.6. The van der Waals surface area contributed by atoms with Crippen LogP contribution >= 0.6 is 0 Å². The van der Waals surface area contributed by atoms with Crippen molar-refractivity contribution in [3.63, 3.8) is 0 Å². The van der Waals surface area contributed by atoms with Gasteiger partial charge in [-0.1, -0.05) is 26.7 Å². The summed E-state index contributed by atoms with van der Waals surface area (Å²) in [7, 11) is 0. The van der Waals surface area contributed by atoms with Crippen molar-refractivity contribution in [3.05, 3.63) is 11.5 Å². The van der Waals surface area contributed by atoms with Crippen molar-refractivity contribution in [2.75, 3.05) is 19.8 Å². The Labute approximate surface area is 171 Å². The average molecular weight is 392 g/mol. The van der Waals surface area contributed by atoms with E-state index in [2.05, 4.69) is 18.7 Å². The van der Waals surface area contributed by atoms with Gasteiger partial charge in [0.05, 0.1) is 25.9 Å². The van der Waals surface area contributed by atoms with E-state index in [0.29, 0.717) is 36.5 Å². The fourth-order valence-corrected chi connectivity index (χ4v) is 5.18. The van der Waals surface area contributed by atoms with Crippen LogP contribution in [-0.4, -0.2) is 55.1 Å². The number of rotatable bonds is 9. The summed E-state index contributed by atoms with van der Waals surface area (Å²) in [4.78, 5) is 7.63. The highest BCUT2D eigenvalue weighted by molar-refractivity contribution is 5.78. The summed E-state index contributed by atoms with van der Waals surface area (Å²) >= 11 is 0. The van der Waals surface area contributed by atoms with E-state index in [1.54, 1.807) is 0 Å². The van der Waals surface area contributed by atoms with Crippen LogP contribution in [0.5, 0.6) is 0 Å². The van der Waals surface area contributed by atoms with Gasteiger partial charge < -0.3 is 15.2 Å². The first-order chi connectivity index (χ1) is 13.6. The lowest BCUT2D eigenvalue weighted by Crippen LogP contribution is -2.52. The van der Waals surface area contributed by atoms with Gasteiger partial charge in [-0.3, -0.25) is 9.89 Å². The molecule has 3 aliphatic rings. The summed E-state index contributed by atoms with van der Waals surface area (Å²) in [6.07, 6.45) is 13.0. The maximum atomic E-state index is 6.14. The van der Waals surface area contributed by atoms with Crippen molar-refractivity contribution >= 4 is 6.21 Å². The van der Waals surface area contributed by atoms with E-state index in [0.717, 1.165) is 31.2 Å². The fraction of sp³-hybridized carbons (Fsp3) is 0.870. The van der Waals surface area contributed by atoms with Crippen molar-refractivity contribution in [1.29, 1.82) is 0 Å². The van der Waals surface area contributed by atoms with E-state index >= 15 is 0 Å². The molecule has 2 saturated heterocycles. The minimum Gasteiger partial charge on any atom is -0.479 e. The van der Waals surface area contributed by atoms with Gasteiger partial charge in [0, 0.05) is 29.9 Å². The quantitative estimate of drug-likeness (QED) is 0.471. The molecule has 3 fully saturated rings. The standard InChI is InChI=1S/C23H41N3O2/c1-4-6-18(5-2)14-28-23(24)17(3)13-25-19-7-9-20(10-8-19)26-21-11-12-22(26)16-27-15-21/h13,18-22H,4-12,14-16,24H2,1-3H3/b23-17+,25-13?/t18?,19?,20?,21-,22+. The van der Waals surface area contributed by atoms with E-state index in [-0.39, 0.29) is 0 Å². The van der Waals surface area contributed by atoms with Gasteiger partial charge in [0.15, 0.2) is 5.88 Å². The minimum absolute atomic E-state index is 0.432. The second kappa shape index (κ2) is 10.6. The topological polar surface area (TPSA) is 60.1 Å². The molecule has 160 valence electrons. The summed E-state index contributed by atoms with van der Waals surface area (Å²) in [5.41, 5.74) is 7.09. The molecule has 0 radical (unpaired) electrons. The van der Waals surface area contributed by atoms with Crippen LogP contribution in [0.2, 0.25) is 0 Å². The second-order valence-corrected chi connectivity index (χ2v) is 9.03. The molecule has 0 spiro atoms. The van der Waals surface area contributed by atoms with Gasteiger partial charge in [0.25, 0.3) is 0 Å². The number of hydrogen-bond donors (Lipinski definition) is 1. The van der Waals surface area contributed by atoms with E-state index in [1.165, 1.54) is 51.4 Å². The molecule has 0 aromatic rings. The maximum absolute atomic E-state index is 6.14. The zero-order chi connectivity index (χ0) is 19.9. The van der Waals surface area contributed by atoms with Crippen molar-refractivity contribution < 1.29 is 9.47 Å². The molecule has 1 saturated carbocycles. The predicted molar refractivity (Wildman–Crippen MR) is 116 cm³/mol. The van der Waals surface area contributed by atoms with Crippen LogP contribution in [0.4, 0.5) is 0 Å².